The van der Waals surface area contributed by atoms with Crippen LogP contribution in [0.5, 0.6) is 0 Å². The lowest BCUT2D eigenvalue weighted by atomic mass is 10.1. The van der Waals surface area contributed by atoms with Crippen LogP contribution in [-0.4, -0.2) is 47.5 Å². The third-order valence-corrected chi connectivity index (χ3v) is 3.92. The van der Waals surface area contributed by atoms with Crippen molar-refractivity contribution in [3.63, 3.8) is 0 Å². The fourth-order valence-electron chi connectivity index (χ4n) is 2.57. The number of urea groups is 1. The lowest BCUT2D eigenvalue weighted by Gasteiger charge is -2.26. The van der Waals surface area contributed by atoms with Gasteiger partial charge in [0.15, 0.2) is 0 Å². The highest BCUT2D eigenvalue weighted by atomic mass is 16.4. The van der Waals surface area contributed by atoms with Crippen molar-refractivity contribution >= 4 is 17.9 Å². The Balaban J connectivity index is 1.78. The molecular formula is C17H23N3O4. The molecule has 1 aromatic carbocycles. The summed E-state index contributed by atoms with van der Waals surface area (Å²) in [6.45, 7) is 2.04. The molecule has 130 valence electrons. The molecule has 0 aromatic heterocycles. The van der Waals surface area contributed by atoms with Gasteiger partial charge in [-0.25, -0.2) is 4.79 Å². The van der Waals surface area contributed by atoms with Crippen LogP contribution in [0, 0.1) is 0 Å². The number of nitrogens with one attached hydrogen (secondary N) is 2. The van der Waals surface area contributed by atoms with Crippen LogP contribution in [0.1, 0.15) is 41.6 Å². The van der Waals surface area contributed by atoms with E-state index < -0.39 is 12.0 Å². The summed E-state index contributed by atoms with van der Waals surface area (Å²) in [5, 5.41) is 13.6. The number of likely N-dealkylation sites (tertiary alicyclic amines) is 1. The van der Waals surface area contributed by atoms with Gasteiger partial charge in [-0.1, -0.05) is 12.1 Å². The van der Waals surface area contributed by atoms with Crippen molar-refractivity contribution in [3.8, 4) is 0 Å². The number of amides is 3. The van der Waals surface area contributed by atoms with Crippen molar-refractivity contribution in [2.75, 3.05) is 19.6 Å². The monoisotopic (exact) mass is 333 g/mol. The second kappa shape index (κ2) is 8.90. The van der Waals surface area contributed by atoms with Gasteiger partial charge >= 0.3 is 12.0 Å². The number of carboxylic acid groups (broad SMARTS) is 1. The van der Waals surface area contributed by atoms with E-state index in [-0.39, 0.29) is 18.9 Å². The molecule has 0 aliphatic carbocycles. The Labute approximate surface area is 141 Å². The summed E-state index contributed by atoms with van der Waals surface area (Å²) in [6, 6.07) is 6.76. The van der Waals surface area contributed by atoms with Crippen molar-refractivity contribution in [2.24, 2.45) is 0 Å². The average Bonchev–Trinajstić information content (AvgIpc) is 2.60. The number of piperidine rings is 1. The van der Waals surface area contributed by atoms with Crippen LogP contribution < -0.4 is 10.6 Å². The van der Waals surface area contributed by atoms with E-state index in [1.54, 1.807) is 12.1 Å². The molecule has 7 nitrogen and oxygen atoms in total. The molecule has 0 bridgehead atoms. The van der Waals surface area contributed by atoms with Crippen molar-refractivity contribution in [1.29, 1.82) is 0 Å². The number of hydrogen-bond acceptors (Lipinski definition) is 3. The summed E-state index contributed by atoms with van der Waals surface area (Å²) >= 11 is 0. The Morgan fingerprint density at radius 3 is 2.29 bits per heavy atom. The first-order valence-electron chi connectivity index (χ1n) is 8.18. The van der Waals surface area contributed by atoms with Gasteiger partial charge in [-0.15, -0.1) is 0 Å². The summed E-state index contributed by atoms with van der Waals surface area (Å²) in [5.74, 6) is -0.898. The zero-order valence-corrected chi connectivity index (χ0v) is 13.6. The van der Waals surface area contributed by atoms with Crippen molar-refractivity contribution < 1.29 is 19.5 Å². The summed E-state index contributed by atoms with van der Waals surface area (Å²) in [5.41, 5.74) is 1.53. The molecule has 1 aliphatic heterocycles. The highest BCUT2D eigenvalue weighted by Crippen LogP contribution is 2.13. The zero-order valence-electron chi connectivity index (χ0n) is 13.6. The van der Waals surface area contributed by atoms with E-state index in [1.165, 1.54) is 6.42 Å². The highest BCUT2D eigenvalue weighted by Gasteiger charge is 2.17. The Morgan fingerprint density at radius 2 is 1.67 bits per heavy atom. The van der Waals surface area contributed by atoms with Crippen LogP contribution in [0.3, 0.4) is 0 Å². The number of carbonyl (C=O) groups excluding carboxylic acids is 2. The van der Waals surface area contributed by atoms with E-state index in [9.17, 15) is 14.4 Å². The second-order valence-corrected chi connectivity index (χ2v) is 5.80. The van der Waals surface area contributed by atoms with Gasteiger partial charge in [0.25, 0.3) is 5.91 Å². The molecule has 0 radical (unpaired) electrons. The molecule has 1 saturated heterocycles. The second-order valence-electron chi connectivity index (χ2n) is 5.80. The Kier molecular flexibility index (Phi) is 6.60. The van der Waals surface area contributed by atoms with Crippen LogP contribution >= 0.6 is 0 Å². The summed E-state index contributed by atoms with van der Waals surface area (Å²) in [6.07, 6.45) is 3.19. The van der Waals surface area contributed by atoms with Crippen LogP contribution in [0.4, 0.5) is 4.79 Å². The first-order valence-corrected chi connectivity index (χ1v) is 8.18. The van der Waals surface area contributed by atoms with Crippen LogP contribution in [0.2, 0.25) is 0 Å². The number of carboxylic acids is 1. The quantitative estimate of drug-likeness (QED) is 0.736. The number of nitrogens with zero attached hydrogens (tertiary/aromatic N) is 1. The first kappa shape index (κ1) is 17.8. The number of carbonyl (C=O) groups is 3. The van der Waals surface area contributed by atoms with Gasteiger partial charge in [0.1, 0.15) is 0 Å². The van der Waals surface area contributed by atoms with Crippen molar-refractivity contribution in [3.05, 3.63) is 35.4 Å². The molecule has 0 saturated carbocycles. The van der Waals surface area contributed by atoms with E-state index in [4.69, 9.17) is 5.11 Å². The molecule has 7 heteroatoms. The topological polar surface area (TPSA) is 98.7 Å². The number of aliphatic carboxylic acids is 1. The maximum Gasteiger partial charge on any atom is 0.315 e. The molecular weight excluding hydrogens is 310 g/mol. The van der Waals surface area contributed by atoms with Crippen LogP contribution in [0.15, 0.2) is 24.3 Å². The van der Waals surface area contributed by atoms with Crippen LogP contribution in [-0.2, 0) is 11.3 Å². The fourth-order valence-corrected chi connectivity index (χ4v) is 2.57. The molecule has 0 unspecified atom stereocenters. The van der Waals surface area contributed by atoms with E-state index in [0.717, 1.165) is 31.5 Å². The summed E-state index contributed by atoms with van der Waals surface area (Å²) in [4.78, 5) is 36.1. The molecule has 24 heavy (non-hydrogen) atoms. The van der Waals surface area contributed by atoms with Gasteiger partial charge in [0.05, 0.1) is 6.42 Å². The standard InChI is InChI=1S/C17H23N3O4/c21-15(22)8-9-18-17(24)19-12-13-4-6-14(7-5-13)16(23)20-10-2-1-3-11-20/h4-7H,1-3,8-12H2,(H,21,22)(H2,18,19,24). The summed E-state index contributed by atoms with van der Waals surface area (Å²) < 4.78 is 0. The van der Waals surface area contributed by atoms with Gasteiger partial charge in [0, 0.05) is 31.7 Å². The first-order chi connectivity index (χ1) is 11.6. The minimum atomic E-state index is -0.954. The average molecular weight is 333 g/mol. The third-order valence-electron chi connectivity index (χ3n) is 3.92. The largest absolute Gasteiger partial charge is 0.481 e. The Morgan fingerprint density at radius 1 is 1.00 bits per heavy atom. The number of hydrogen-bond donors (Lipinski definition) is 3. The lowest BCUT2D eigenvalue weighted by molar-refractivity contribution is -0.136. The molecule has 0 atom stereocenters. The van der Waals surface area contributed by atoms with Crippen molar-refractivity contribution in [1.82, 2.24) is 15.5 Å². The molecule has 0 spiro atoms. The normalized spacial score (nSPS) is 14.1. The van der Waals surface area contributed by atoms with Gasteiger partial charge in [-0.05, 0) is 37.0 Å². The summed E-state index contributed by atoms with van der Waals surface area (Å²) in [7, 11) is 0. The SMILES string of the molecule is O=C(O)CCNC(=O)NCc1ccc(C(=O)N2CCCCC2)cc1. The molecule has 1 heterocycles. The Hall–Kier alpha value is -2.57. The minimum absolute atomic E-state index is 0.0561. The predicted molar refractivity (Wildman–Crippen MR) is 88.7 cm³/mol. The smallest absolute Gasteiger partial charge is 0.315 e. The van der Waals surface area contributed by atoms with E-state index in [2.05, 4.69) is 10.6 Å². The van der Waals surface area contributed by atoms with Crippen LogP contribution in [0.25, 0.3) is 0 Å². The molecule has 3 amide bonds. The van der Waals surface area contributed by atoms with Gasteiger partial charge < -0.3 is 20.6 Å². The lowest BCUT2D eigenvalue weighted by Crippen LogP contribution is -2.36. The minimum Gasteiger partial charge on any atom is -0.481 e. The molecule has 1 fully saturated rings. The Bertz CT molecular complexity index is 580. The van der Waals surface area contributed by atoms with Gasteiger partial charge in [-0.2, -0.15) is 0 Å². The number of benzene rings is 1. The maximum absolute atomic E-state index is 12.3. The molecule has 1 aromatic rings. The van der Waals surface area contributed by atoms with E-state index >= 15 is 0 Å². The number of rotatable bonds is 6. The molecule has 1 aliphatic rings. The van der Waals surface area contributed by atoms with Gasteiger partial charge in [-0.3, -0.25) is 9.59 Å². The third kappa shape index (κ3) is 5.57. The van der Waals surface area contributed by atoms with Gasteiger partial charge in [0.2, 0.25) is 0 Å². The zero-order chi connectivity index (χ0) is 17.4. The van der Waals surface area contributed by atoms with E-state index in [1.807, 2.05) is 17.0 Å². The highest BCUT2D eigenvalue weighted by molar-refractivity contribution is 5.94. The predicted octanol–water partition coefficient (Wildman–Crippen LogP) is 1.59. The fraction of sp³-hybridized carbons (Fsp3) is 0.471. The maximum atomic E-state index is 12.3. The van der Waals surface area contributed by atoms with E-state index in [0.29, 0.717) is 12.1 Å². The van der Waals surface area contributed by atoms with Crippen molar-refractivity contribution in [2.45, 2.75) is 32.2 Å². The molecule has 3 N–H and O–H groups in total. The molecule has 2 rings (SSSR count).